The molecule has 0 aliphatic heterocycles. The topological polar surface area (TPSA) is 38.9 Å². The van der Waals surface area contributed by atoms with Crippen LogP contribution in [0, 0.1) is 0 Å². The third kappa shape index (κ3) is 1.60. The Bertz CT molecular complexity index is 624. The highest BCUT2D eigenvalue weighted by molar-refractivity contribution is 5.82. The van der Waals surface area contributed by atoms with Crippen molar-refractivity contribution in [1.29, 1.82) is 0 Å². The summed E-state index contributed by atoms with van der Waals surface area (Å²) in [5, 5.41) is 1.17. The molecule has 0 bridgehead atoms. The molecule has 1 aliphatic rings. The fourth-order valence-electron chi connectivity index (χ4n) is 2.63. The van der Waals surface area contributed by atoms with E-state index in [0.717, 1.165) is 28.9 Å². The van der Waals surface area contributed by atoms with Gasteiger partial charge in [-0.2, -0.15) is 0 Å². The average Bonchev–Trinajstić information content (AvgIpc) is 2.26. The third-order valence-corrected chi connectivity index (χ3v) is 3.38. The molecule has 2 aromatic rings. The molecule has 3 rings (SSSR count). The van der Waals surface area contributed by atoms with Crippen LogP contribution in [0.5, 0.6) is 0 Å². The summed E-state index contributed by atoms with van der Waals surface area (Å²) in [5.74, 6) is 0. The minimum Gasteiger partial charge on any atom is -0.402 e. The summed E-state index contributed by atoms with van der Waals surface area (Å²) < 4.78 is 0. The molecule has 86 valence electrons. The molecule has 0 fully saturated rings. The number of nitrogens with two attached hydrogens (primary N) is 1. The molecule has 1 aromatic heterocycles. The maximum Gasteiger partial charge on any atom is 0.0706 e. The van der Waals surface area contributed by atoms with Gasteiger partial charge in [0.1, 0.15) is 0 Å². The fourth-order valence-corrected chi connectivity index (χ4v) is 2.63. The van der Waals surface area contributed by atoms with E-state index in [1.165, 1.54) is 5.39 Å². The van der Waals surface area contributed by atoms with Crippen molar-refractivity contribution in [2.75, 3.05) is 0 Å². The first-order valence-corrected chi connectivity index (χ1v) is 5.93. The third-order valence-electron chi connectivity index (χ3n) is 3.38. The van der Waals surface area contributed by atoms with Crippen molar-refractivity contribution in [3.63, 3.8) is 0 Å². The van der Waals surface area contributed by atoms with Crippen molar-refractivity contribution in [2.24, 2.45) is 5.73 Å². The van der Waals surface area contributed by atoms with E-state index in [1.807, 2.05) is 12.1 Å². The minimum absolute atomic E-state index is 0.0260. The van der Waals surface area contributed by atoms with Crippen molar-refractivity contribution < 1.29 is 0 Å². The van der Waals surface area contributed by atoms with E-state index in [-0.39, 0.29) is 5.41 Å². The van der Waals surface area contributed by atoms with Gasteiger partial charge in [0.25, 0.3) is 0 Å². The molecule has 0 unspecified atom stereocenters. The van der Waals surface area contributed by atoms with Gasteiger partial charge in [0.05, 0.1) is 11.2 Å². The first kappa shape index (κ1) is 10.3. The second kappa shape index (κ2) is 3.33. The van der Waals surface area contributed by atoms with Gasteiger partial charge >= 0.3 is 0 Å². The molecule has 2 nitrogen and oxygen atoms in total. The Balaban J connectivity index is 2.35. The van der Waals surface area contributed by atoms with E-state index < -0.39 is 0 Å². The second-order valence-corrected chi connectivity index (χ2v) is 5.40. The van der Waals surface area contributed by atoms with Crippen LogP contribution in [-0.2, 0) is 5.41 Å². The van der Waals surface area contributed by atoms with Gasteiger partial charge in [0.15, 0.2) is 0 Å². The molecule has 0 saturated carbocycles. The predicted molar refractivity (Wildman–Crippen MR) is 71.6 cm³/mol. The van der Waals surface area contributed by atoms with Crippen LogP contribution in [0.25, 0.3) is 17.0 Å². The van der Waals surface area contributed by atoms with Crippen molar-refractivity contribution in [3.05, 3.63) is 47.3 Å². The van der Waals surface area contributed by atoms with E-state index >= 15 is 0 Å². The predicted octanol–water partition coefficient (Wildman–Crippen LogP) is 3.22. The molecule has 0 radical (unpaired) electrons. The lowest BCUT2D eigenvalue weighted by molar-refractivity contribution is 0.497. The van der Waals surface area contributed by atoms with Gasteiger partial charge in [-0.05, 0) is 30.2 Å². The normalized spacial score (nSPS) is 17.6. The Hall–Kier alpha value is -1.83. The molecule has 17 heavy (non-hydrogen) atoms. The van der Waals surface area contributed by atoms with E-state index in [9.17, 15) is 0 Å². The standard InChI is InChI=1S/C15H16N2/c1-15(2)9-12(16)8-11-7-10-5-3-4-6-13(10)17-14(11)15/h3-8H,9,16H2,1-2H3. The molecule has 0 amide bonds. The lowest BCUT2D eigenvalue weighted by Crippen LogP contribution is -2.26. The Morgan fingerprint density at radius 2 is 2.00 bits per heavy atom. The number of allylic oxidation sites excluding steroid dienone is 1. The zero-order valence-electron chi connectivity index (χ0n) is 10.2. The molecule has 1 aliphatic carbocycles. The van der Waals surface area contributed by atoms with Crippen molar-refractivity contribution >= 4 is 17.0 Å². The fraction of sp³-hybridized carbons (Fsp3) is 0.267. The van der Waals surface area contributed by atoms with E-state index in [4.69, 9.17) is 10.7 Å². The largest absolute Gasteiger partial charge is 0.402 e. The maximum absolute atomic E-state index is 6.00. The SMILES string of the molecule is CC1(C)CC(N)=Cc2cc3ccccc3nc21. The average molecular weight is 224 g/mol. The number of aromatic nitrogens is 1. The van der Waals surface area contributed by atoms with E-state index in [2.05, 4.69) is 38.1 Å². The number of para-hydroxylation sites is 1. The van der Waals surface area contributed by atoms with Gasteiger partial charge in [-0.3, -0.25) is 4.98 Å². The Labute approximate surface area is 101 Å². The number of rotatable bonds is 0. The zero-order chi connectivity index (χ0) is 12.0. The van der Waals surface area contributed by atoms with Crippen LogP contribution in [0.2, 0.25) is 0 Å². The van der Waals surface area contributed by atoms with Gasteiger partial charge in [0, 0.05) is 16.5 Å². The maximum atomic E-state index is 6.00. The summed E-state index contributed by atoms with van der Waals surface area (Å²) in [6.07, 6.45) is 2.94. The number of nitrogens with zero attached hydrogens (tertiary/aromatic N) is 1. The van der Waals surface area contributed by atoms with Crippen LogP contribution in [-0.4, -0.2) is 4.98 Å². The van der Waals surface area contributed by atoms with E-state index in [0.29, 0.717) is 0 Å². The smallest absolute Gasteiger partial charge is 0.0706 e. The lowest BCUT2D eigenvalue weighted by atomic mass is 9.78. The molecule has 1 heterocycles. The van der Waals surface area contributed by atoms with Crippen molar-refractivity contribution in [1.82, 2.24) is 4.98 Å². The lowest BCUT2D eigenvalue weighted by Gasteiger charge is -2.30. The summed E-state index contributed by atoms with van der Waals surface area (Å²) in [4.78, 5) is 4.80. The summed E-state index contributed by atoms with van der Waals surface area (Å²) in [6.45, 7) is 4.40. The zero-order valence-corrected chi connectivity index (χ0v) is 10.2. The number of hydrogen-bond donors (Lipinski definition) is 1. The minimum atomic E-state index is 0.0260. The first-order valence-electron chi connectivity index (χ1n) is 5.93. The molecular weight excluding hydrogens is 208 g/mol. The summed E-state index contributed by atoms with van der Waals surface area (Å²) in [5.41, 5.74) is 10.4. The van der Waals surface area contributed by atoms with Crippen molar-refractivity contribution in [3.8, 4) is 0 Å². The van der Waals surface area contributed by atoms with Crippen LogP contribution in [0.3, 0.4) is 0 Å². The molecule has 0 saturated heterocycles. The highest BCUT2D eigenvalue weighted by Gasteiger charge is 2.29. The quantitative estimate of drug-likeness (QED) is 0.746. The molecule has 2 N–H and O–H groups in total. The van der Waals surface area contributed by atoms with Crippen LogP contribution in [0.15, 0.2) is 36.0 Å². The second-order valence-electron chi connectivity index (χ2n) is 5.40. The monoisotopic (exact) mass is 224 g/mol. The summed E-state index contributed by atoms with van der Waals surface area (Å²) in [7, 11) is 0. The summed E-state index contributed by atoms with van der Waals surface area (Å²) >= 11 is 0. The number of hydrogen-bond acceptors (Lipinski definition) is 2. The van der Waals surface area contributed by atoms with Gasteiger partial charge in [-0.25, -0.2) is 0 Å². The van der Waals surface area contributed by atoms with Crippen LogP contribution >= 0.6 is 0 Å². The van der Waals surface area contributed by atoms with E-state index in [1.54, 1.807) is 0 Å². The van der Waals surface area contributed by atoms with Crippen LogP contribution in [0.4, 0.5) is 0 Å². The first-order chi connectivity index (χ1) is 8.06. The van der Waals surface area contributed by atoms with Crippen molar-refractivity contribution in [2.45, 2.75) is 25.7 Å². The Kier molecular flexibility index (Phi) is 2.02. The summed E-state index contributed by atoms with van der Waals surface area (Å²) in [6, 6.07) is 10.4. The van der Waals surface area contributed by atoms with Gasteiger partial charge in [-0.1, -0.05) is 32.0 Å². The van der Waals surface area contributed by atoms with Gasteiger partial charge < -0.3 is 5.73 Å². The number of fused-ring (bicyclic) bond motifs is 2. The number of benzene rings is 1. The van der Waals surface area contributed by atoms with Gasteiger partial charge in [-0.15, -0.1) is 0 Å². The number of pyridine rings is 1. The molecule has 1 aromatic carbocycles. The van der Waals surface area contributed by atoms with Crippen LogP contribution < -0.4 is 5.73 Å². The Morgan fingerprint density at radius 1 is 1.24 bits per heavy atom. The Morgan fingerprint density at radius 3 is 2.82 bits per heavy atom. The highest BCUT2D eigenvalue weighted by Crippen LogP contribution is 2.36. The van der Waals surface area contributed by atoms with Crippen LogP contribution in [0.1, 0.15) is 31.5 Å². The highest BCUT2D eigenvalue weighted by atomic mass is 14.7. The molecular formula is C15H16N2. The van der Waals surface area contributed by atoms with Gasteiger partial charge in [0.2, 0.25) is 0 Å². The molecule has 0 spiro atoms. The molecule has 2 heteroatoms. The molecule has 0 atom stereocenters.